The molecule has 3 aliphatic heterocycles. The Hall–Kier alpha value is -12.4. The summed E-state index contributed by atoms with van der Waals surface area (Å²) in [5, 5.41) is 9.39. The molecule has 0 saturated heterocycles. The maximum atomic E-state index is 12.8. The van der Waals surface area contributed by atoms with Crippen molar-refractivity contribution in [3.8, 4) is 66.9 Å². The van der Waals surface area contributed by atoms with E-state index in [1.54, 1.807) is 43.0 Å². The first-order valence-electron chi connectivity index (χ1n) is 30.0. The molecule has 11 aromatic carbocycles. The molecule has 3 aromatic heterocycles. The van der Waals surface area contributed by atoms with Crippen LogP contribution in [-0.4, -0.2) is 86.2 Å². The van der Waals surface area contributed by atoms with Crippen LogP contribution < -0.4 is 0 Å². The van der Waals surface area contributed by atoms with Gasteiger partial charge < -0.3 is 0 Å². The fraction of sp³-hybridized carbons (Fsp3) is 0.0375. The van der Waals surface area contributed by atoms with Crippen LogP contribution in [0.2, 0.25) is 0 Å². The second-order valence-corrected chi connectivity index (χ2v) is 22.9. The smallest absolute Gasteiger partial charge is 0.261 e. The molecule has 0 unspecified atom stereocenters. The summed E-state index contributed by atoms with van der Waals surface area (Å²) in [6, 6.07) is 75.6. The molecule has 0 atom stereocenters. The number of rotatable bonds is 6. The number of aromatic nitrogens is 3. The first kappa shape index (κ1) is 56.1. The third-order valence-corrected chi connectivity index (χ3v) is 17.9. The van der Waals surface area contributed by atoms with E-state index < -0.39 is 0 Å². The number of benzene rings is 11. The van der Waals surface area contributed by atoms with Crippen molar-refractivity contribution in [2.45, 2.75) is 0 Å². The van der Waals surface area contributed by atoms with E-state index in [4.69, 9.17) is 0 Å². The van der Waals surface area contributed by atoms with Gasteiger partial charge in [-0.05, 0) is 155 Å². The van der Waals surface area contributed by atoms with E-state index in [9.17, 15) is 28.8 Å². The van der Waals surface area contributed by atoms with E-state index in [1.165, 1.54) is 35.8 Å². The number of amides is 6. The van der Waals surface area contributed by atoms with Crippen LogP contribution >= 0.6 is 0 Å². The van der Waals surface area contributed by atoms with Gasteiger partial charge in [-0.3, -0.25) is 58.4 Å². The highest BCUT2D eigenvalue weighted by molar-refractivity contribution is 6.30. The molecule has 0 N–H and O–H groups in total. The number of imide groups is 3. The van der Waals surface area contributed by atoms with Crippen LogP contribution in [-0.2, 0) is 0 Å². The number of nitrogens with zero attached hydrogens (tertiary/aromatic N) is 6. The van der Waals surface area contributed by atoms with Crippen molar-refractivity contribution in [1.29, 1.82) is 0 Å². The van der Waals surface area contributed by atoms with Gasteiger partial charge in [-0.25, -0.2) is 0 Å². The summed E-state index contributed by atoms with van der Waals surface area (Å²) in [7, 11) is 4.59. The molecular weight excluding hydrogens is 1140 g/mol. The standard InChI is InChI=1S/2C28H18N2O2.C24H16N2O2/c1-30-27(31)24-10-4-9-23-22(13-14-25(26(23)24)28(30)32)21-12-11-18(17-6-5-15-29-16-17)19-7-2-3-8-20(19)21;1-30-27(31)23-10-6-9-22-20(13-15-24(26(22)23)28(30)32)19-12-14-21(25-11-4-5-16-29-25)18-8-3-2-7-17(18)19;1-26-23(27)20-4-2-3-19-18(9-10-21(22(19)20)24(26)28)17-7-5-15(6-8-17)16-11-13-25-14-12-16/h2*2-16H,1H3;2-14H,1H3. The van der Waals surface area contributed by atoms with E-state index >= 15 is 0 Å². The fourth-order valence-electron chi connectivity index (χ4n) is 13.3. The van der Waals surface area contributed by atoms with Crippen LogP contribution in [0.15, 0.2) is 262 Å². The summed E-state index contributed by atoms with van der Waals surface area (Å²) in [5.41, 5.74) is 16.0. The second kappa shape index (κ2) is 22.6. The number of hydrogen-bond donors (Lipinski definition) is 0. The van der Waals surface area contributed by atoms with E-state index in [0.29, 0.717) is 33.4 Å². The Kier molecular flexibility index (Phi) is 13.8. The first-order chi connectivity index (χ1) is 44.9. The Balaban J connectivity index is 0.000000115. The Morgan fingerprint density at radius 2 is 0.565 bits per heavy atom. The summed E-state index contributed by atoms with van der Waals surface area (Å²) < 4.78 is 0. The Bertz CT molecular complexity index is 5160. The first-order valence-corrected chi connectivity index (χ1v) is 30.0. The van der Waals surface area contributed by atoms with Crippen molar-refractivity contribution < 1.29 is 28.8 Å². The molecule has 92 heavy (non-hydrogen) atoms. The predicted molar refractivity (Wildman–Crippen MR) is 362 cm³/mol. The van der Waals surface area contributed by atoms with Gasteiger partial charge in [0.1, 0.15) is 0 Å². The molecule has 0 aliphatic carbocycles. The SMILES string of the molecule is CN1C(=O)c2cccc3c(-c4ccc(-c5ccccn5)c5ccccc45)ccc(c23)C1=O.CN1C(=O)c2cccc3c(-c4ccc(-c5cccnc5)c5ccccc45)ccc(c23)C1=O.CN1C(=O)c2cccc3c(-c4ccc(-c5ccncc5)cc4)ccc(c23)C1=O. The van der Waals surface area contributed by atoms with Crippen molar-refractivity contribution in [2.24, 2.45) is 0 Å². The zero-order chi connectivity index (χ0) is 62.9. The van der Waals surface area contributed by atoms with Crippen molar-refractivity contribution in [3.05, 3.63) is 295 Å². The van der Waals surface area contributed by atoms with E-state index in [2.05, 4.69) is 93.8 Å². The molecule has 12 nitrogen and oxygen atoms in total. The normalized spacial score (nSPS) is 13.2. The van der Waals surface area contributed by atoms with Crippen LogP contribution in [0.4, 0.5) is 0 Å². The second-order valence-electron chi connectivity index (χ2n) is 22.9. The van der Waals surface area contributed by atoms with Gasteiger partial charge in [-0.15, -0.1) is 0 Å². The molecule has 0 saturated carbocycles. The molecule has 0 radical (unpaired) electrons. The average molecular weight is 1190 g/mol. The quantitative estimate of drug-likeness (QED) is 0.148. The Morgan fingerprint density at radius 3 is 1.00 bits per heavy atom. The maximum absolute atomic E-state index is 12.8. The summed E-state index contributed by atoms with van der Waals surface area (Å²) in [4.78, 5) is 92.7. The van der Waals surface area contributed by atoms with E-state index in [-0.39, 0.29) is 35.4 Å². The van der Waals surface area contributed by atoms with Crippen LogP contribution in [0.1, 0.15) is 62.1 Å². The molecular formula is C80H52N6O6. The van der Waals surface area contributed by atoms with Gasteiger partial charge in [0.2, 0.25) is 0 Å². The number of fused-ring (bicyclic) bond motifs is 2. The molecule has 3 aliphatic rings. The van der Waals surface area contributed by atoms with Gasteiger partial charge in [0.25, 0.3) is 35.4 Å². The summed E-state index contributed by atoms with van der Waals surface area (Å²) in [6.07, 6.45) is 9.00. The molecule has 6 amide bonds. The molecule has 438 valence electrons. The fourth-order valence-corrected chi connectivity index (χ4v) is 13.3. The van der Waals surface area contributed by atoms with Crippen molar-refractivity contribution in [3.63, 3.8) is 0 Å². The summed E-state index contributed by atoms with van der Waals surface area (Å²) in [6.45, 7) is 0. The van der Waals surface area contributed by atoms with Crippen LogP contribution in [0.3, 0.4) is 0 Å². The molecule has 0 bridgehead atoms. The summed E-state index contributed by atoms with van der Waals surface area (Å²) >= 11 is 0. The Labute approximate surface area is 527 Å². The number of carbonyl (C=O) groups excluding carboxylic acids is 6. The highest BCUT2D eigenvalue weighted by atomic mass is 16.2. The largest absolute Gasteiger partial charge is 0.277 e. The van der Waals surface area contributed by atoms with Gasteiger partial charge in [-0.1, -0.05) is 164 Å². The highest BCUT2D eigenvalue weighted by Gasteiger charge is 2.34. The lowest BCUT2D eigenvalue weighted by Gasteiger charge is -2.25. The predicted octanol–water partition coefficient (Wildman–Crippen LogP) is 16.7. The molecule has 12 heteroatoms. The van der Waals surface area contributed by atoms with Crippen LogP contribution in [0.5, 0.6) is 0 Å². The lowest BCUT2D eigenvalue weighted by Crippen LogP contribution is -2.36. The zero-order valence-corrected chi connectivity index (χ0v) is 50.0. The van der Waals surface area contributed by atoms with Crippen molar-refractivity contribution >= 4 is 89.3 Å². The van der Waals surface area contributed by atoms with Gasteiger partial charge in [-0.2, -0.15) is 0 Å². The molecule has 17 rings (SSSR count). The van der Waals surface area contributed by atoms with Crippen LogP contribution in [0.25, 0.3) is 121 Å². The van der Waals surface area contributed by atoms with Gasteiger partial charge >= 0.3 is 0 Å². The molecule has 0 fully saturated rings. The summed E-state index contributed by atoms with van der Waals surface area (Å²) in [5.74, 6) is -1.56. The van der Waals surface area contributed by atoms with Gasteiger partial charge in [0.15, 0.2) is 0 Å². The third-order valence-electron chi connectivity index (χ3n) is 17.9. The lowest BCUT2D eigenvalue weighted by molar-refractivity contribution is 0.0635. The molecule has 14 aromatic rings. The Morgan fingerprint density at radius 1 is 0.228 bits per heavy atom. The average Bonchev–Trinajstić information content (AvgIpc) is 0.752. The van der Waals surface area contributed by atoms with Crippen LogP contribution in [0, 0.1) is 0 Å². The maximum Gasteiger partial charge on any atom is 0.261 e. The van der Waals surface area contributed by atoms with Gasteiger partial charge in [0.05, 0.1) is 5.69 Å². The molecule has 0 spiro atoms. The zero-order valence-electron chi connectivity index (χ0n) is 50.0. The topological polar surface area (TPSA) is 151 Å². The van der Waals surface area contributed by atoms with E-state index in [0.717, 1.165) is 121 Å². The van der Waals surface area contributed by atoms with Crippen molar-refractivity contribution in [1.82, 2.24) is 29.7 Å². The van der Waals surface area contributed by atoms with E-state index in [1.807, 2.05) is 140 Å². The third kappa shape index (κ3) is 9.19. The monoisotopic (exact) mass is 1190 g/mol. The molecule has 6 heterocycles. The minimum atomic E-state index is -0.263. The highest BCUT2D eigenvalue weighted by Crippen LogP contribution is 2.44. The minimum absolute atomic E-state index is 0.256. The number of hydrogen-bond acceptors (Lipinski definition) is 9. The number of pyridine rings is 3. The van der Waals surface area contributed by atoms with Crippen molar-refractivity contribution in [2.75, 3.05) is 21.1 Å². The van der Waals surface area contributed by atoms with Gasteiger partial charge in [0, 0.05) is 113 Å². The minimum Gasteiger partial charge on any atom is -0.277 e. The number of carbonyl (C=O) groups is 6. The lowest BCUT2D eigenvalue weighted by atomic mass is 9.86.